The number of hydrogen-bond acceptors (Lipinski definition) is 8. The normalized spacial score (nSPS) is 10.6. The minimum atomic E-state index is -0.463. The van der Waals surface area contributed by atoms with Crippen molar-refractivity contribution in [3.63, 3.8) is 0 Å². The van der Waals surface area contributed by atoms with Crippen molar-refractivity contribution in [1.82, 2.24) is 30.6 Å². The van der Waals surface area contributed by atoms with Crippen LogP contribution in [0.3, 0.4) is 0 Å². The van der Waals surface area contributed by atoms with Gasteiger partial charge in [-0.3, -0.25) is 10.1 Å². The molecule has 0 aliphatic heterocycles. The molecule has 20 heavy (non-hydrogen) atoms. The number of aromatic amines is 1. The lowest BCUT2D eigenvalue weighted by molar-refractivity contribution is -0.384. The summed E-state index contributed by atoms with van der Waals surface area (Å²) < 4.78 is 0. The number of nitrogens with zero attached hydrogens (tertiary/aromatic N) is 6. The summed E-state index contributed by atoms with van der Waals surface area (Å²) in [6, 6.07) is 4.40. The lowest BCUT2D eigenvalue weighted by Gasteiger charge is -2.05. The maximum absolute atomic E-state index is 10.8. The second-order valence-electron chi connectivity index (χ2n) is 3.86. The summed E-state index contributed by atoms with van der Waals surface area (Å²) in [5.41, 5.74) is 0.594. The summed E-state index contributed by atoms with van der Waals surface area (Å²) in [7, 11) is 0. The van der Waals surface area contributed by atoms with Gasteiger partial charge in [0.2, 0.25) is 0 Å². The Hall–Kier alpha value is -3.17. The zero-order chi connectivity index (χ0) is 13.9. The number of nitro groups is 1. The third kappa shape index (κ3) is 2.21. The SMILES string of the molecule is O=[N+]([O-])c1ccc2ncnc(NCc3nn[nH]n3)c2c1. The molecule has 0 atom stereocenters. The molecule has 0 radical (unpaired) electrons. The van der Waals surface area contributed by atoms with E-state index in [-0.39, 0.29) is 5.69 Å². The molecule has 2 aromatic heterocycles. The maximum Gasteiger partial charge on any atom is 0.270 e. The average molecular weight is 272 g/mol. The maximum atomic E-state index is 10.8. The highest BCUT2D eigenvalue weighted by atomic mass is 16.6. The fourth-order valence-electron chi connectivity index (χ4n) is 1.72. The molecule has 0 aliphatic carbocycles. The van der Waals surface area contributed by atoms with E-state index in [9.17, 15) is 10.1 Å². The number of benzene rings is 1. The van der Waals surface area contributed by atoms with Crippen LogP contribution in [0.5, 0.6) is 0 Å². The Kier molecular flexibility index (Phi) is 2.88. The van der Waals surface area contributed by atoms with Crippen LogP contribution < -0.4 is 5.32 Å². The van der Waals surface area contributed by atoms with Gasteiger partial charge in [0, 0.05) is 17.5 Å². The second-order valence-corrected chi connectivity index (χ2v) is 3.86. The smallest absolute Gasteiger partial charge is 0.270 e. The Bertz CT molecular complexity index is 757. The van der Waals surface area contributed by atoms with Crippen LogP contribution in [0.15, 0.2) is 24.5 Å². The van der Waals surface area contributed by atoms with E-state index >= 15 is 0 Å². The van der Waals surface area contributed by atoms with Crippen molar-refractivity contribution in [2.75, 3.05) is 5.32 Å². The Morgan fingerprint density at radius 1 is 1.35 bits per heavy atom. The number of nitro benzene ring substituents is 1. The monoisotopic (exact) mass is 272 g/mol. The van der Waals surface area contributed by atoms with Crippen LogP contribution in [0, 0.1) is 10.1 Å². The van der Waals surface area contributed by atoms with Crippen LogP contribution in [-0.4, -0.2) is 35.5 Å². The first kappa shape index (κ1) is 11.9. The number of hydrogen-bond donors (Lipinski definition) is 2. The van der Waals surface area contributed by atoms with Crippen molar-refractivity contribution in [3.8, 4) is 0 Å². The molecular weight excluding hydrogens is 264 g/mol. The van der Waals surface area contributed by atoms with Crippen LogP contribution in [0.4, 0.5) is 11.5 Å². The van der Waals surface area contributed by atoms with Crippen LogP contribution in [0.1, 0.15) is 5.82 Å². The highest BCUT2D eigenvalue weighted by Crippen LogP contribution is 2.24. The molecule has 0 spiro atoms. The minimum absolute atomic E-state index is 0.0186. The van der Waals surface area contributed by atoms with Gasteiger partial charge in [-0.1, -0.05) is 5.21 Å². The second kappa shape index (κ2) is 4.84. The lowest BCUT2D eigenvalue weighted by Crippen LogP contribution is -2.04. The number of nitrogens with one attached hydrogen (secondary N) is 2. The largest absolute Gasteiger partial charge is 0.362 e. The van der Waals surface area contributed by atoms with E-state index in [1.807, 2.05) is 0 Å². The predicted octanol–water partition coefficient (Wildman–Crippen LogP) is 0.663. The molecule has 1 aromatic carbocycles. The van der Waals surface area contributed by atoms with Crippen molar-refractivity contribution >= 4 is 22.4 Å². The van der Waals surface area contributed by atoms with E-state index in [1.54, 1.807) is 6.07 Å². The Labute approximate surface area is 111 Å². The quantitative estimate of drug-likeness (QED) is 0.522. The van der Waals surface area contributed by atoms with Gasteiger partial charge in [0.25, 0.3) is 5.69 Å². The van der Waals surface area contributed by atoms with Gasteiger partial charge >= 0.3 is 0 Å². The number of tetrazole rings is 1. The van der Waals surface area contributed by atoms with E-state index in [2.05, 4.69) is 35.9 Å². The third-order valence-corrected chi connectivity index (χ3v) is 2.63. The minimum Gasteiger partial charge on any atom is -0.362 e. The van der Waals surface area contributed by atoms with Crippen LogP contribution in [-0.2, 0) is 6.54 Å². The van der Waals surface area contributed by atoms with Gasteiger partial charge in [-0.25, -0.2) is 9.97 Å². The van der Waals surface area contributed by atoms with Crippen molar-refractivity contribution in [3.05, 3.63) is 40.5 Å². The molecule has 10 heteroatoms. The molecule has 0 saturated carbocycles. The summed E-state index contributed by atoms with van der Waals surface area (Å²) in [5.74, 6) is 0.936. The Balaban J connectivity index is 1.96. The lowest BCUT2D eigenvalue weighted by atomic mass is 10.2. The zero-order valence-electron chi connectivity index (χ0n) is 10.0. The van der Waals surface area contributed by atoms with E-state index < -0.39 is 4.92 Å². The number of H-pyrrole nitrogens is 1. The molecule has 3 rings (SSSR count). The summed E-state index contributed by atoms with van der Waals surface area (Å²) in [4.78, 5) is 18.5. The molecule has 2 heterocycles. The standard InChI is InChI=1S/C10H8N8O2/c19-18(20)6-1-2-8-7(3-6)10(13-5-12-8)11-4-9-14-16-17-15-9/h1-3,5H,4H2,(H,11,12,13)(H,14,15,16,17). The fraction of sp³-hybridized carbons (Fsp3) is 0.100. The average Bonchev–Trinajstić information content (AvgIpc) is 2.97. The molecular formula is C10H8N8O2. The van der Waals surface area contributed by atoms with Crippen LogP contribution in [0.2, 0.25) is 0 Å². The zero-order valence-corrected chi connectivity index (χ0v) is 10.0. The van der Waals surface area contributed by atoms with Crippen molar-refractivity contribution < 1.29 is 4.92 Å². The van der Waals surface area contributed by atoms with Gasteiger partial charge in [-0.05, 0) is 6.07 Å². The van der Waals surface area contributed by atoms with Crippen LogP contribution in [0.25, 0.3) is 10.9 Å². The molecule has 0 bridgehead atoms. The van der Waals surface area contributed by atoms with Gasteiger partial charge in [-0.15, -0.1) is 10.2 Å². The number of rotatable bonds is 4. The molecule has 3 aromatic rings. The van der Waals surface area contributed by atoms with E-state index in [1.165, 1.54) is 18.5 Å². The van der Waals surface area contributed by atoms with Gasteiger partial charge in [-0.2, -0.15) is 5.21 Å². The van der Waals surface area contributed by atoms with E-state index in [0.29, 0.717) is 29.1 Å². The Morgan fingerprint density at radius 2 is 2.25 bits per heavy atom. The number of non-ortho nitro benzene ring substituents is 1. The first-order chi connectivity index (χ1) is 9.74. The first-order valence-electron chi connectivity index (χ1n) is 5.59. The van der Waals surface area contributed by atoms with Gasteiger partial charge < -0.3 is 5.32 Å². The fourth-order valence-corrected chi connectivity index (χ4v) is 1.72. The third-order valence-electron chi connectivity index (χ3n) is 2.63. The predicted molar refractivity (Wildman–Crippen MR) is 67.7 cm³/mol. The topological polar surface area (TPSA) is 135 Å². The van der Waals surface area contributed by atoms with Gasteiger partial charge in [0.15, 0.2) is 5.82 Å². The van der Waals surface area contributed by atoms with E-state index in [0.717, 1.165) is 0 Å². The van der Waals surface area contributed by atoms with Crippen molar-refractivity contribution in [1.29, 1.82) is 0 Å². The summed E-state index contributed by atoms with van der Waals surface area (Å²) in [6.07, 6.45) is 1.38. The first-order valence-corrected chi connectivity index (χ1v) is 5.59. The number of aromatic nitrogens is 6. The van der Waals surface area contributed by atoms with Crippen LogP contribution >= 0.6 is 0 Å². The highest BCUT2D eigenvalue weighted by Gasteiger charge is 2.11. The number of anilines is 1. The molecule has 0 fully saturated rings. The summed E-state index contributed by atoms with van der Waals surface area (Å²) >= 11 is 0. The molecule has 0 saturated heterocycles. The molecule has 0 aliphatic rings. The molecule has 100 valence electrons. The van der Waals surface area contributed by atoms with Gasteiger partial charge in [0.1, 0.15) is 12.1 Å². The van der Waals surface area contributed by atoms with Gasteiger partial charge in [0.05, 0.1) is 17.0 Å². The summed E-state index contributed by atoms with van der Waals surface area (Å²) in [5, 5.41) is 27.7. The van der Waals surface area contributed by atoms with E-state index in [4.69, 9.17) is 0 Å². The molecule has 0 unspecified atom stereocenters. The molecule has 0 amide bonds. The Morgan fingerprint density at radius 3 is 3.00 bits per heavy atom. The van der Waals surface area contributed by atoms with Crippen molar-refractivity contribution in [2.45, 2.75) is 6.54 Å². The number of fused-ring (bicyclic) bond motifs is 1. The van der Waals surface area contributed by atoms with Crippen molar-refractivity contribution in [2.24, 2.45) is 0 Å². The highest BCUT2D eigenvalue weighted by molar-refractivity contribution is 5.90. The molecule has 2 N–H and O–H groups in total. The molecule has 10 nitrogen and oxygen atoms in total. The summed E-state index contributed by atoms with van der Waals surface area (Å²) in [6.45, 7) is 0.297.